The first-order chi connectivity index (χ1) is 8.68. The number of carbonyl (C=O) groups is 1. The first-order valence-electron chi connectivity index (χ1n) is 5.30. The zero-order valence-corrected chi connectivity index (χ0v) is 9.36. The molecule has 3 nitrogen and oxygen atoms in total. The Morgan fingerprint density at radius 1 is 1.17 bits per heavy atom. The molecule has 1 N–H and O–H groups in total. The van der Waals surface area contributed by atoms with E-state index in [-0.39, 0.29) is 12.1 Å². The summed E-state index contributed by atoms with van der Waals surface area (Å²) in [6.07, 6.45) is 1.59. The Labute approximate surface area is 102 Å². The molecule has 1 amide bonds. The second-order valence-corrected chi connectivity index (χ2v) is 3.61. The van der Waals surface area contributed by atoms with E-state index in [2.05, 4.69) is 10.3 Å². The molecule has 0 fully saturated rings. The minimum Gasteiger partial charge on any atom is -0.346 e. The molecule has 0 radical (unpaired) electrons. The molecule has 18 heavy (non-hydrogen) atoms. The minimum atomic E-state index is -1.14. The first-order valence-corrected chi connectivity index (χ1v) is 5.30. The molecule has 1 heterocycles. The predicted molar refractivity (Wildman–Crippen MR) is 61.8 cm³/mol. The van der Waals surface area contributed by atoms with Gasteiger partial charge in [0.15, 0.2) is 11.6 Å². The average molecular weight is 248 g/mol. The SMILES string of the molecule is O=C(NCc1ccccn1)c1cccc(F)c1F. The van der Waals surface area contributed by atoms with Gasteiger partial charge in [-0.15, -0.1) is 0 Å². The number of hydrogen-bond acceptors (Lipinski definition) is 2. The average Bonchev–Trinajstić information content (AvgIpc) is 2.40. The molecule has 0 unspecified atom stereocenters. The second kappa shape index (κ2) is 5.35. The maximum Gasteiger partial charge on any atom is 0.254 e. The van der Waals surface area contributed by atoms with Gasteiger partial charge >= 0.3 is 0 Å². The van der Waals surface area contributed by atoms with E-state index in [1.54, 1.807) is 24.4 Å². The lowest BCUT2D eigenvalue weighted by molar-refractivity contribution is 0.0945. The van der Waals surface area contributed by atoms with E-state index in [1.807, 2.05) is 0 Å². The van der Waals surface area contributed by atoms with Gasteiger partial charge in [0.05, 0.1) is 17.8 Å². The lowest BCUT2D eigenvalue weighted by Gasteiger charge is -2.05. The van der Waals surface area contributed by atoms with Gasteiger partial charge in [-0.25, -0.2) is 8.78 Å². The van der Waals surface area contributed by atoms with Gasteiger partial charge in [0.25, 0.3) is 5.91 Å². The monoisotopic (exact) mass is 248 g/mol. The number of aromatic nitrogens is 1. The third-order valence-corrected chi connectivity index (χ3v) is 2.35. The van der Waals surface area contributed by atoms with E-state index in [0.717, 1.165) is 6.07 Å². The van der Waals surface area contributed by atoms with Gasteiger partial charge < -0.3 is 5.32 Å². The van der Waals surface area contributed by atoms with Crippen molar-refractivity contribution in [3.63, 3.8) is 0 Å². The summed E-state index contributed by atoms with van der Waals surface area (Å²) in [7, 11) is 0. The summed E-state index contributed by atoms with van der Waals surface area (Å²) in [5.74, 6) is -2.85. The summed E-state index contributed by atoms with van der Waals surface area (Å²) in [5, 5.41) is 2.48. The fourth-order valence-electron chi connectivity index (χ4n) is 1.45. The van der Waals surface area contributed by atoms with Crippen molar-refractivity contribution < 1.29 is 13.6 Å². The minimum absolute atomic E-state index is 0.162. The van der Waals surface area contributed by atoms with Crippen LogP contribution in [-0.2, 0) is 6.54 Å². The number of benzene rings is 1. The number of hydrogen-bond donors (Lipinski definition) is 1. The molecule has 0 saturated carbocycles. The van der Waals surface area contributed by atoms with Crippen molar-refractivity contribution in [2.75, 3.05) is 0 Å². The lowest BCUT2D eigenvalue weighted by Crippen LogP contribution is -2.24. The molecule has 0 saturated heterocycles. The molecule has 1 aromatic carbocycles. The summed E-state index contributed by atoms with van der Waals surface area (Å²) in [5.41, 5.74) is 0.327. The lowest BCUT2D eigenvalue weighted by atomic mass is 10.2. The maximum absolute atomic E-state index is 13.3. The number of pyridine rings is 1. The van der Waals surface area contributed by atoms with E-state index in [4.69, 9.17) is 0 Å². The Balaban J connectivity index is 2.07. The van der Waals surface area contributed by atoms with Crippen molar-refractivity contribution in [1.29, 1.82) is 0 Å². The van der Waals surface area contributed by atoms with E-state index < -0.39 is 17.5 Å². The van der Waals surface area contributed by atoms with Crippen LogP contribution in [0.2, 0.25) is 0 Å². The number of nitrogens with one attached hydrogen (secondary N) is 1. The molecule has 1 aromatic heterocycles. The van der Waals surface area contributed by atoms with Gasteiger partial charge in [-0.2, -0.15) is 0 Å². The molecule has 0 atom stereocenters. The summed E-state index contributed by atoms with van der Waals surface area (Å²) < 4.78 is 26.3. The van der Waals surface area contributed by atoms with Gasteiger partial charge in [0.2, 0.25) is 0 Å². The van der Waals surface area contributed by atoms with Crippen molar-refractivity contribution >= 4 is 5.91 Å². The van der Waals surface area contributed by atoms with Crippen LogP contribution in [-0.4, -0.2) is 10.9 Å². The fourth-order valence-corrected chi connectivity index (χ4v) is 1.45. The number of nitrogens with zero attached hydrogens (tertiary/aromatic N) is 1. The predicted octanol–water partition coefficient (Wildman–Crippen LogP) is 2.29. The molecular formula is C13H10F2N2O. The molecule has 92 valence electrons. The van der Waals surface area contributed by atoms with Crippen LogP contribution in [0.5, 0.6) is 0 Å². The quantitative estimate of drug-likeness (QED) is 0.905. The molecule has 0 aliphatic carbocycles. The Bertz CT molecular complexity index is 558. The largest absolute Gasteiger partial charge is 0.346 e. The van der Waals surface area contributed by atoms with Gasteiger partial charge in [-0.3, -0.25) is 9.78 Å². The Hall–Kier alpha value is -2.30. The van der Waals surface area contributed by atoms with Crippen LogP contribution in [0.3, 0.4) is 0 Å². The van der Waals surface area contributed by atoms with Crippen molar-refractivity contribution in [2.24, 2.45) is 0 Å². The van der Waals surface area contributed by atoms with Gasteiger partial charge in [-0.05, 0) is 24.3 Å². The van der Waals surface area contributed by atoms with Crippen LogP contribution >= 0.6 is 0 Å². The van der Waals surface area contributed by atoms with Crippen LogP contribution in [0.15, 0.2) is 42.6 Å². The van der Waals surface area contributed by atoms with E-state index >= 15 is 0 Å². The molecule has 0 bridgehead atoms. The summed E-state index contributed by atoms with van der Waals surface area (Å²) in [6.45, 7) is 0.162. The highest BCUT2D eigenvalue weighted by Gasteiger charge is 2.14. The van der Waals surface area contributed by atoms with E-state index in [9.17, 15) is 13.6 Å². The molecule has 0 aliphatic rings. The summed E-state index contributed by atoms with van der Waals surface area (Å²) in [4.78, 5) is 15.6. The van der Waals surface area contributed by atoms with Crippen LogP contribution < -0.4 is 5.32 Å². The normalized spacial score (nSPS) is 10.1. The van der Waals surface area contributed by atoms with Crippen LogP contribution in [0.4, 0.5) is 8.78 Å². The van der Waals surface area contributed by atoms with Gasteiger partial charge in [-0.1, -0.05) is 12.1 Å². The maximum atomic E-state index is 13.3. The Kier molecular flexibility index (Phi) is 3.62. The summed E-state index contributed by atoms with van der Waals surface area (Å²) in [6, 6.07) is 8.72. The number of carbonyl (C=O) groups excluding carboxylic acids is 1. The molecular weight excluding hydrogens is 238 g/mol. The Morgan fingerprint density at radius 3 is 2.72 bits per heavy atom. The van der Waals surface area contributed by atoms with Crippen molar-refractivity contribution in [3.05, 3.63) is 65.5 Å². The van der Waals surface area contributed by atoms with Crippen molar-refractivity contribution in [3.8, 4) is 0 Å². The van der Waals surface area contributed by atoms with Crippen LogP contribution in [0.1, 0.15) is 16.1 Å². The van der Waals surface area contributed by atoms with Crippen LogP contribution in [0, 0.1) is 11.6 Å². The Morgan fingerprint density at radius 2 is 2.00 bits per heavy atom. The zero-order valence-electron chi connectivity index (χ0n) is 9.36. The second-order valence-electron chi connectivity index (χ2n) is 3.61. The number of amides is 1. The highest BCUT2D eigenvalue weighted by atomic mass is 19.2. The summed E-state index contributed by atoms with van der Waals surface area (Å²) >= 11 is 0. The van der Waals surface area contributed by atoms with Gasteiger partial charge in [0.1, 0.15) is 0 Å². The standard InChI is InChI=1S/C13H10F2N2O/c14-11-6-3-5-10(12(11)15)13(18)17-8-9-4-1-2-7-16-9/h1-7H,8H2,(H,17,18). The zero-order chi connectivity index (χ0) is 13.0. The van der Waals surface area contributed by atoms with Gasteiger partial charge in [0, 0.05) is 6.20 Å². The molecule has 2 rings (SSSR count). The van der Waals surface area contributed by atoms with E-state index in [0.29, 0.717) is 5.69 Å². The fraction of sp³-hybridized carbons (Fsp3) is 0.0769. The first kappa shape index (κ1) is 12.2. The van der Waals surface area contributed by atoms with Crippen molar-refractivity contribution in [1.82, 2.24) is 10.3 Å². The van der Waals surface area contributed by atoms with Crippen LogP contribution in [0.25, 0.3) is 0 Å². The highest BCUT2D eigenvalue weighted by molar-refractivity contribution is 5.94. The molecule has 5 heteroatoms. The highest BCUT2D eigenvalue weighted by Crippen LogP contribution is 2.11. The topological polar surface area (TPSA) is 42.0 Å². The van der Waals surface area contributed by atoms with E-state index in [1.165, 1.54) is 12.1 Å². The molecule has 0 aliphatic heterocycles. The third-order valence-electron chi connectivity index (χ3n) is 2.35. The number of halogens is 2. The number of rotatable bonds is 3. The molecule has 2 aromatic rings. The third kappa shape index (κ3) is 2.68. The molecule has 0 spiro atoms. The smallest absolute Gasteiger partial charge is 0.254 e. The van der Waals surface area contributed by atoms with Crippen molar-refractivity contribution in [2.45, 2.75) is 6.54 Å².